The van der Waals surface area contributed by atoms with Gasteiger partial charge in [-0.15, -0.1) is 0 Å². The van der Waals surface area contributed by atoms with Crippen molar-refractivity contribution in [3.05, 3.63) is 71.9 Å². The molecule has 4 rings (SSSR count). The fourth-order valence-corrected chi connectivity index (χ4v) is 3.28. The number of rotatable bonds is 6. The second-order valence-electron chi connectivity index (χ2n) is 6.59. The first-order valence-electron chi connectivity index (χ1n) is 8.98. The van der Waals surface area contributed by atoms with Crippen LogP contribution >= 0.6 is 0 Å². The normalized spacial score (nSPS) is 16.1. The first kappa shape index (κ1) is 17.7. The number of halogens is 1. The highest BCUT2D eigenvalue weighted by molar-refractivity contribution is 5.59. The first-order valence-corrected chi connectivity index (χ1v) is 8.98. The van der Waals surface area contributed by atoms with E-state index in [9.17, 15) is 4.39 Å². The van der Waals surface area contributed by atoms with Gasteiger partial charge in [-0.2, -0.15) is 0 Å². The van der Waals surface area contributed by atoms with Crippen LogP contribution in [-0.2, 0) is 24.4 Å². The summed E-state index contributed by atoms with van der Waals surface area (Å²) in [6.07, 6.45) is 1.89. The Labute approximate surface area is 157 Å². The molecule has 27 heavy (non-hydrogen) atoms. The van der Waals surface area contributed by atoms with Crippen LogP contribution in [0.1, 0.15) is 11.4 Å². The number of fused-ring (bicyclic) bond motifs is 1. The minimum absolute atomic E-state index is 0.0594. The van der Waals surface area contributed by atoms with Crippen molar-refractivity contribution < 1.29 is 13.9 Å². The quantitative estimate of drug-likeness (QED) is 0.726. The van der Waals surface area contributed by atoms with Gasteiger partial charge in [-0.05, 0) is 47.5 Å². The Morgan fingerprint density at radius 1 is 1.19 bits per heavy atom. The van der Waals surface area contributed by atoms with E-state index in [2.05, 4.69) is 14.9 Å². The summed E-state index contributed by atoms with van der Waals surface area (Å²) in [5.41, 5.74) is 3.15. The van der Waals surface area contributed by atoms with Crippen molar-refractivity contribution in [1.29, 1.82) is 0 Å². The van der Waals surface area contributed by atoms with E-state index in [1.165, 1.54) is 17.7 Å². The third-order valence-electron chi connectivity index (χ3n) is 4.77. The van der Waals surface area contributed by atoms with E-state index >= 15 is 0 Å². The van der Waals surface area contributed by atoms with Crippen molar-refractivity contribution >= 4 is 0 Å². The number of hydrogen-bond donors (Lipinski definition) is 1. The monoisotopic (exact) mass is 367 g/mol. The van der Waals surface area contributed by atoms with Crippen LogP contribution in [0, 0.1) is 5.82 Å². The van der Waals surface area contributed by atoms with E-state index in [0.717, 1.165) is 42.5 Å². The van der Waals surface area contributed by atoms with Gasteiger partial charge in [-0.25, -0.2) is 9.37 Å². The zero-order valence-electron chi connectivity index (χ0n) is 15.2. The maximum Gasteiger partial charge on any atom is 0.135 e. The minimum Gasteiger partial charge on any atom is -0.497 e. The topological polar surface area (TPSA) is 48.3 Å². The third kappa shape index (κ3) is 4.02. The molecule has 0 radical (unpaired) electrons. The Kier molecular flexibility index (Phi) is 5.18. The number of benzene rings is 2. The fourth-order valence-electron chi connectivity index (χ4n) is 3.28. The van der Waals surface area contributed by atoms with Gasteiger partial charge < -0.3 is 19.4 Å². The van der Waals surface area contributed by atoms with Gasteiger partial charge in [0, 0.05) is 13.1 Å². The Balaban J connectivity index is 1.37. The summed E-state index contributed by atoms with van der Waals surface area (Å²) < 4.78 is 26.5. The molecule has 5 nitrogen and oxygen atoms in total. The van der Waals surface area contributed by atoms with Crippen LogP contribution in [0.25, 0.3) is 11.3 Å². The number of nitrogens with one attached hydrogen (secondary N) is 1. The van der Waals surface area contributed by atoms with Gasteiger partial charge >= 0.3 is 0 Å². The van der Waals surface area contributed by atoms with Gasteiger partial charge in [0.15, 0.2) is 0 Å². The van der Waals surface area contributed by atoms with Crippen LogP contribution in [0.4, 0.5) is 4.39 Å². The largest absolute Gasteiger partial charge is 0.497 e. The molecule has 0 spiro atoms. The summed E-state index contributed by atoms with van der Waals surface area (Å²) >= 11 is 0. The van der Waals surface area contributed by atoms with Crippen LogP contribution in [-0.4, -0.2) is 29.3 Å². The van der Waals surface area contributed by atoms with Crippen LogP contribution in [0.15, 0.2) is 54.7 Å². The summed E-state index contributed by atoms with van der Waals surface area (Å²) in [5, 5.41) is 3.45. The molecular weight excluding hydrogens is 345 g/mol. The molecule has 0 fully saturated rings. The average Bonchev–Trinajstić information content (AvgIpc) is 3.12. The van der Waals surface area contributed by atoms with Crippen LogP contribution in [0.2, 0.25) is 0 Å². The standard InChI is InChI=1S/C21H22FN3O2/c1-26-18-8-2-15(3-9-18)10-23-11-19-13-25-20(12-24-21(25)14-27-19)16-4-6-17(22)7-5-16/h2-9,12,19,23H,10-11,13-14H2,1H3/t19-/m0/s1. The molecule has 0 aliphatic carbocycles. The number of hydrogen-bond acceptors (Lipinski definition) is 4. The van der Waals surface area contributed by atoms with E-state index in [-0.39, 0.29) is 11.9 Å². The molecule has 1 aliphatic rings. The number of imidazole rings is 1. The number of nitrogens with zero attached hydrogens (tertiary/aromatic N) is 2. The Morgan fingerprint density at radius 2 is 1.96 bits per heavy atom. The number of methoxy groups -OCH3 is 1. The molecular formula is C21H22FN3O2. The third-order valence-corrected chi connectivity index (χ3v) is 4.77. The smallest absolute Gasteiger partial charge is 0.135 e. The lowest BCUT2D eigenvalue weighted by Gasteiger charge is -2.26. The predicted octanol–water partition coefficient (Wildman–Crippen LogP) is 3.39. The van der Waals surface area contributed by atoms with Gasteiger partial charge in [0.1, 0.15) is 24.0 Å². The van der Waals surface area contributed by atoms with Crippen LogP contribution < -0.4 is 10.1 Å². The van der Waals surface area contributed by atoms with Crippen molar-refractivity contribution in [2.45, 2.75) is 25.8 Å². The van der Waals surface area contributed by atoms with Gasteiger partial charge in [0.25, 0.3) is 0 Å². The summed E-state index contributed by atoms with van der Waals surface area (Å²) in [4.78, 5) is 4.45. The molecule has 1 aromatic heterocycles. The van der Waals surface area contributed by atoms with Gasteiger partial charge in [0.05, 0.1) is 31.6 Å². The van der Waals surface area contributed by atoms with Crippen molar-refractivity contribution in [1.82, 2.24) is 14.9 Å². The summed E-state index contributed by atoms with van der Waals surface area (Å²) in [5.74, 6) is 1.53. The molecule has 1 N–H and O–H groups in total. The van der Waals surface area contributed by atoms with Crippen molar-refractivity contribution in [3.8, 4) is 17.0 Å². The maximum absolute atomic E-state index is 13.2. The number of aromatic nitrogens is 2. The molecule has 0 saturated heterocycles. The first-order chi connectivity index (χ1) is 13.2. The van der Waals surface area contributed by atoms with Gasteiger partial charge in [-0.1, -0.05) is 12.1 Å². The summed E-state index contributed by atoms with van der Waals surface area (Å²) in [6.45, 7) is 2.71. The lowest BCUT2D eigenvalue weighted by Crippen LogP contribution is -2.36. The van der Waals surface area contributed by atoms with Crippen LogP contribution in [0.3, 0.4) is 0 Å². The van der Waals surface area contributed by atoms with Crippen molar-refractivity contribution in [3.63, 3.8) is 0 Å². The second kappa shape index (κ2) is 7.90. The molecule has 2 heterocycles. The van der Waals surface area contributed by atoms with E-state index in [0.29, 0.717) is 6.61 Å². The summed E-state index contributed by atoms with van der Waals surface area (Å²) in [7, 11) is 1.66. The lowest BCUT2D eigenvalue weighted by atomic mass is 10.1. The van der Waals surface area contributed by atoms with Crippen LogP contribution in [0.5, 0.6) is 5.75 Å². The highest BCUT2D eigenvalue weighted by Gasteiger charge is 2.22. The van der Waals surface area contributed by atoms with Gasteiger partial charge in [-0.3, -0.25) is 0 Å². The van der Waals surface area contributed by atoms with E-state index in [1.54, 1.807) is 19.2 Å². The second-order valence-corrected chi connectivity index (χ2v) is 6.59. The van der Waals surface area contributed by atoms with Gasteiger partial charge in [0.2, 0.25) is 0 Å². The highest BCUT2D eigenvalue weighted by Crippen LogP contribution is 2.25. The predicted molar refractivity (Wildman–Crippen MR) is 101 cm³/mol. The summed E-state index contributed by atoms with van der Waals surface area (Å²) in [6, 6.07) is 14.5. The molecule has 0 amide bonds. The lowest BCUT2D eigenvalue weighted by molar-refractivity contribution is 0.00326. The Bertz CT molecular complexity index is 891. The fraction of sp³-hybridized carbons (Fsp3) is 0.286. The van der Waals surface area contributed by atoms with E-state index in [1.807, 2.05) is 30.5 Å². The van der Waals surface area contributed by atoms with Crippen molar-refractivity contribution in [2.75, 3.05) is 13.7 Å². The molecule has 140 valence electrons. The minimum atomic E-state index is -0.235. The molecule has 1 aliphatic heterocycles. The molecule has 3 aromatic rings. The zero-order valence-corrected chi connectivity index (χ0v) is 15.2. The van der Waals surface area contributed by atoms with E-state index < -0.39 is 0 Å². The SMILES string of the molecule is COc1ccc(CNC[C@H]2Cn3c(-c4ccc(F)cc4)cnc3CO2)cc1. The molecule has 0 saturated carbocycles. The van der Waals surface area contributed by atoms with Crippen molar-refractivity contribution in [2.24, 2.45) is 0 Å². The van der Waals surface area contributed by atoms with E-state index in [4.69, 9.17) is 9.47 Å². The number of ether oxygens (including phenoxy) is 2. The zero-order chi connectivity index (χ0) is 18.6. The average molecular weight is 367 g/mol. The maximum atomic E-state index is 13.2. The Hall–Kier alpha value is -2.70. The molecule has 0 unspecified atom stereocenters. The highest BCUT2D eigenvalue weighted by atomic mass is 19.1. The molecule has 1 atom stereocenters. The molecule has 6 heteroatoms. The Morgan fingerprint density at radius 3 is 2.70 bits per heavy atom. The molecule has 0 bridgehead atoms. The molecule has 2 aromatic carbocycles.